The standard InChI is InChI=1S/C11H18N2O3/c1-4-6-7-8-9(11(14)15)10(16-5-2)13(3)12-8/h4-7H2,1-3H3,(H,14,15). The van der Waals surface area contributed by atoms with Crippen molar-refractivity contribution < 1.29 is 14.6 Å². The molecule has 0 atom stereocenters. The van der Waals surface area contributed by atoms with Crippen LogP contribution in [0.1, 0.15) is 42.7 Å². The van der Waals surface area contributed by atoms with Crippen LogP contribution in [0, 0.1) is 0 Å². The van der Waals surface area contributed by atoms with E-state index in [4.69, 9.17) is 9.84 Å². The van der Waals surface area contributed by atoms with Crippen molar-refractivity contribution in [3.05, 3.63) is 11.3 Å². The van der Waals surface area contributed by atoms with Gasteiger partial charge < -0.3 is 9.84 Å². The van der Waals surface area contributed by atoms with Gasteiger partial charge in [0.15, 0.2) is 0 Å². The summed E-state index contributed by atoms with van der Waals surface area (Å²) in [7, 11) is 1.70. The summed E-state index contributed by atoms with van der Waals surface area (Å²) in [5.41, 5.74) is 0.818. The van der Waals surface area contributed by atoms with Crippen LogP contribution in [0.15, 0.2) is 0 Å². The Balaban J connectivity index is 3.07. The molecule has 1 rings (SSSR count). The van der Waals surface area contributed by atoms with Gasteiger partial charge in [-0.15, -0.1) is 0 Å². The highest BCUT2D eigenvalue weighted by atomic mass is 16.5. The number of nitrogens with zero attached hydrogens (tertiary/aromatic N) is 2. The predicted octanol–water partition coefficient (Wildman–Crippen LogP) is 1.86. The molecule has 0 fully saturated rings. The van der Waals surface area contributed by atoms with Crippen LogP contribution < -0.4 is 4.74 Å². The lowest BCUT2D eigenvalue weighted by Gasteiger charge is -2.03. The number of carboxylic acid groups (broad SMARTS) is 1. The van der Waals surface area contributed by atoms with E-state index >= 15 is 0 Å². The fourth-order valence-electron chi connectivity index (χ4n) is 1.60. The molecule has 1 aromatic rings. The first-order valence-electron chi connectivity index (χ1n) is 5.53. The molecule has 16 heavy (non-hydrogen) atoms. The van der Waals surface area contributed by atoms with Crippen LogP contribution in [0.3, 0.4) is 0 Å². The first-order valence-corrected chi connectivity index (χ1v) is 5.53. The third kappa shape index (κ3) is 2.53. The summed E-state index contributed by atoms with van der Waals surface area (Å²) in [5.74, 6) is -0.622. The highest BCUT2D eigenvalue weighted by Gasteiger charge is 2.22. The second-order valence-corrected chi connectivity index (χ2v) is 3.59. The zero-order chi connectivity index (χ0) is 12.1. The van der Waals surface area contributed by atoms with E-state index in [1.54, 1.807) is 7.05 Å². The Morgan fingerprint density at radius 2 is 2.19 bits per heavy atom. The van der Waals surface area contributed by atoms with Gasteiger partial charge in [-0.25, -0.2) is 9.48 Å². The Morgan fingerprint density at radius 3 is 2.69 bits per heavy atom. The van der Waals surface area contributed by atoms with Crippen molar-refractivity contribution in [1.82, 2.24) is 9.78 Å². The molecule has 0 aliphatic heterocycles. The minimum absolute atomic E-state index is 0.206. The van der Waals surface area contributed by atoms with Crippen molar-refractivity contribution in [2.75, 3.05) is 6.61 Å². The number of rotatable bonds is 6. The van der Waals surface area contributed by atoms with Gasteiger partial charge in [0, 0.05) is 7.05 Å². The van der Waals surface area contributed by atoms with Gasteiger partial charge in [-0.05, 0) is 19.8 Å². The molecule has 0 saturated heterocycles. The molecule has 5 nitrogen and oxygen atoms in total. The lowest BCUT2D eigenvalue weighted by Crippen LogP contribution is -2.05. The molecular formula is C11H18N2O3. The number of unbranched alkanes of at least 4 members (excludes halogenated alkanes) is 1. The molecule has 0 aromatic carbocycles. The molecule has 0 saturated carbocycles. The molecule has 0 bridgehead atoms. The summed E-state index contributed by atoms with van der Waals surface area (Å²) in [5, 5.41) is 13.4. The van der Waals surface area contributed by atoms with Crippen molar-refractivity contribution in [1.29, 1.82) is 0 Å². The van der Waals surface area contributed by atoms with Gasteiger partial charge in [0.05, 0.1) is 12.3 Å². The van der Waals surface area contributed by atoms with Gasteiger partial charge in [-0.1, -0.05) is 13.3 Å². The number of carbonyl (C=O) groups is 1. The normalized spacial score (nSPS) is 10.4. The molecular weight excluding hydrogens is 208 g/mol. The number of aryl methyl sites for hydroxylation is 2. The molecule has 0 amide bonds. The van der Waals surface area contributed by atoms with Crippen LogP contribution in [0.25, 0.3) is 0 Å². The van der Waals surface area contributed by atoms with E-state index in [1.165, 1.54) is 4.68 Å². The van der Waals surface area contributed by atoms with Gasteiger partial charge >= 0.3 is 5.97 Å². The minimum Gasteiger partial charge on any atom is -0.478 e. The smallest absolute Gasteiger partial charge is 0.343 e. The second kappa shape index (κ2) is 5.53. The average Bonchev–Trinajstić information content (AvgIpc) is 2.53. The van der Waals surface area contributed by atoms with E-state index in [2.05, 4.69) is 12.0 Å². The van der Waals surface area contributed by atoms with Gasteiger partial charge in [-0.3, -0.25) is 0 Å². The van der Waals surface area contributed by atoms with Crippen LogP contribution in [-0.2, 0) is 13.5 Å². The van der Waals surface area contributed by atoms with E-state index in [9.17, 15) is 4.79 Å². The maximum atomic E-state index is 11.2. The maximum absolute atomic E-state index is 11.2. The fraction of sp³-hybridized carbons (Fsp3) is 0.636. The first kappa shape index (κ1) is 12.5. The van der Waals surface area contributed by atoms with Crippen LogP contribution >= 0.6 is 0 Å². The summed E-state index contributed by atoms with van der Waals surface area (Å²) >= 11 is 0. The zero-order valence-electron chi connectivity index (χ0n) is 9.99. The van der Waals surface area contributed by atoms with E-state index in [0.717, 1.165) is 12.8 Å². The van der Waals surface area contributed by atoms with E-state index in [1.807, 2.05) is 6.92 Å². The van der Waals surface area contributed by atoms with Gasteiger partial charge in [0.1, 0.15) is 5.56 Å². The van der Waals surface area contributed by atoms with Crippen molar-refractivity contribution in [2.45, 2.75) is 33.1 Å². The van der Waals surface area contributed by atoms with Crippen LogP contribution in [0.2, 0.25) is 0 Å². The quantitative estimate of drug-likeness (QED) is 0.804. The van der Waals surface area contributed by atoms with Gasteiger partial charge in [-0.2, -0.15) is 5.10 Å². The van der Waals surface area contributed by atoms with E-state index < -0.39 is 5.97 Å². The van der Waals surface area contributed by atoms with Crippen molar-refractivity contribution in [2.24, 2.45) is 7.05 Å². The van der Waals surface area contributed by atoms with Crippen molar-refractivity contribution in [3.8, 4) is 5.88 Å². The van der Waals surface area contributed by atoms with Crippen LogP contribution in [-0.4, -0.2) is 27.5 Å². The lowest BCUT2D eigenvalue weighted by atomic mass is 10.1. The Labute approximate surface area is 95.0 Å². The van der Waals surface area contributed by atoms with Crippen LogP contribution in [0.5, 0.6) is 5.88 Å². The molecule has 0 radical (unpaired) electrons. The Kier molecular flexibility index (Phi) is 4.34. The second-order valence-electron chi connectivity index (χ2n) is 3.59. The topological polar surface area (TPSA) is 64.4 Å². The summed E-state index contributed by atoms with van der Waals surface area (Å²) in [6.07, 6.45) is 2.63. The SMILES string of the molecule is CCCCc1nn(C)c(OCC)c1C(=O)O. The molecule has 0 spiro atoms. The fourth-order valence-corrected chi connectivity index (χ4v) is 1.60. The monoisotopic (exact) mass is 226 g/mol. The number of ether oxygens (including phenoxy) is 1. The van der Waals surface area contributed by atoms with E-state index in [0.29, 0.717) is 24.6 Å². The molecule has 5 heteroatoms. The molecule has 1 aromatic heterocycles. The maximum Gasteiger partial charge on any atom is 0.343 e. The van der Waals surface area contributed by atoms with Crippen molar-refractivity contribution in [3.63, 3.8) is 0 Å². The lowest BCUT2D eigenvalue weighted by molar-refractivity contribution is 0.0690. The van der Waals surface area contributed by atoms with E-state index in [-0.39, 0.29) is 5.56 Å². The number of hydrogen-bond acceptors (Lipinski definition) is 3. The third-order valence-corrected chi connectivity index (χ3v) is 2.33. The molecule has 0 aliphatic carbocycles. The Hall–Kier alpha value is -1.52. The number of carboxylic acids is 1. The average molecular weight is 226 g/mol. The summed E-state index contributed by atoms with van der Waals surface area (Å²) in [6, 6.07) is 0. The highest BCUT2D eigenvalue weighted by molar-refractivity contribution is 5.91. The number of aromatic nitrogens is 2. The largest absolute Gasteiger partial charge is 0.478 e. The third-order valence-electron chi connectivity index (χ3n) is 2.33. The minimum atomic E-state index is -0.970. The number of aromatic carboxylic acids is 1. The Bertz CT molecular complexity index is 372. The van der Waals surface area contributed by atoms with Crippen molar-refractivity contribution >= 4 is 5.97 Å². The van der Waals surface area contributed by atoms with Gasteiger partial charge in [0.25, 0.3) is 0 Å². The Morgan fingerprint density at radius 1 is 1.50 bits per heavy atom. The first-order chi connectivity index (χ1) is 7.61. The summed E-state index contributed by atoms with van der Waals surface area (Å²) in [4.78, 5) is 11.2. The predicted molar refractivity (Wildman–Crippen MR) is 59.9 cm³/mol. The van der Waals surface area contributed by atoms with Gasteiger partial charge in [0.2, 0.25) is 5.88 Å². The highest BCUT2D eigenvalue weighted by Crippen LogP contribution is 2.23. The molecule has 1 heterocycles. The summed E-state index contributed by atoms with van der Waals surface area (Å²) < 4.78 is 6.81. The molecule has 90 valence electrons. The van der Waals surface area contributed by atoms with Crippen LogP contribution in [0.4, 0.5) is 0 Å². The zero-order valence-corrected chi connectivity index (χ0v) is 9.99. The molecule has 0 unspecified atom stereocenters. The summed E-state index contributed by atoms with van der Waals surface area (Å²) in [6.45, 7) is 4.32. The molecule has 1 N–H and O–H groups in total. The number of hydrogen-bond donors (Lipinski definition) is 1. The molecule has 0 aliphatic rings.